The molecule has 0 aliphatic heterocycles. The molecule has 2 heterocycles. The molecule has 0 aliphatic carbocycles. The number of rotatable bonds is 9. The minimum absolute atomic E-state index is 0.383. The molecule has 2 N–H and O–H groups in total. The summed E-state index contributed by atoms with van der Waals surface area (Å²) in [4.78, 5) is 4.10. The highest BCUT2D eigenvalue weighted by molar-refractivity contribution is 5.16. The Bertz CT molecular complexity index is 512. The SMILES string of the molecule is COCCNCc1nnc(NCCc2noc(C)n2)o1. The maximum atomic E-state index is 5.41. The third-order valence-corrected chi connectivity index (χ3v) is 2.42. The molecule has 20 heavy (non-hydrogen) atoms. The van der Waals surface area contributed by atoms with Crippen LogP contribution in [0, 0.1) is 6.92 Å². The van der Waals surface area contributed by atoms with E-state index in [0.717, 1.165) is 6.54 Å². The van der Waals surface area contributed by atoms with Crippen molar-refractivity contribution >= 4 is 6.01 Å². The Balaban J connectivity index is 1.67. The van der Waals surface area contributed by atoms with Crippen LogP contribution in [0.5, 0.6) is 0 Å². The highest BCUT2D eigenvalue weighted by atomic mass is 16.5. The molecule has 110 valence electrons. The lowest BCUT2D eigenvalue weighted by atomic mass is 10.4. The third kappa shape index (κ3) is 4.59. The summed E-state index contributed by atoms with van der Waals surface area (Å²) in [6.07, 6.45) is 0.626. The van der Waals surface area contributed by atoms with Crippen molar-refractivity contribution < 1.29 is 13.7 Å². The van der Waals surface area contributed by atoms with Gasteiger partial charge in [-0.2, -0.15) is 4.98 Å². The zero-order valence-corrected chi connectivity index (χ0v) is 11.5. The van der Waals surface area contributed by atoms with E-state index in [1.165, 1.54) is 0 Å². The van der Waals surface area contributed by atoms with E-state index in [1.807, 2.05) is 0 Å². The Hall–Kier alpha value is -2.00. The molecule has 0 aliphatic rings. The molecule has 0 atom stereocenters. The molecule has 0 bridgehead atoms. The van der Waals surface area contributed by atoms with Crippen molar-refractivity contribution in [3.63, 3.8) is 0 Å². The zero-order valence-electron chi connectivity index (χ0n) is 11.5. The van der Waals surface area contributed by atoms with Crippen LogP contribution >= 0.6 is 0 Å². The molecule has 0 spiro atoms. The molecule has 2 aromatic heterocycles. The minimum Gasteiger partial charge on any atom is -0.407 e. The van der Waals surface area contributed by atoms with Gasteiger partial charge in [0.2, 0.25) is 11.8 Å². The third-order valence-electron chi connectivity index (χ3n) is 2.42. The molecule has 2 aromatic rings. The minimum atomic E-state index is 0.383. The van der Waals surface area contributed by atoms with E-state index in [4.69, 9.17) is 13.7 Å². The number of nitrogens with zero attached hydrogens (tertiary/aromatic N) is 4. The molecule has 0 amide bonds. The highest BCUT2D eigenvalue weighted by Crippen LogP contribution is 2.05. The lowest BCUT2D eigenvalue weighted by molar-refractivity contribution is 0.198. The fraction of sp³-hybridized carbons (Fsp3) is 0.636. The molecule has 0 saturated heterocycles. The number of methoxy groups -OCH3 is 1. The van der Waals surface area contributed by atoms with Crippen LogP contribution in [-0.4, -0.2) is 47.1 Å². The highest BCUT2D eigenvalue weighted by Gasteiger charge is 2.06. The summed E-state index contributed by atoms with van der Waals surface area (Å²) in [5, 5.41) is 17.7. The van der Waals surface area contributed by atoms with Gasteiger partial charge in [-0.1, -0.05) is 10.3 Å². The van der Waals surface area contributed by atoms with Crippen molar-refractivity contribution in [1.29, 1.82) is 0 Å². The number of aromatic nitrogens is 4. The smallest absolute Gasteiger partial charge is 0.315 e. The molecular formula is C11H18N6O3. The zero-order chi connectivity index (χ0) is 14.2. The van der Waals surface area contributed by atoms with Gasteiger partial charge in [-0.3, -0.25) is 0 Å². The fourth-order valence-electron chi connectivity index (χ4n) is 1.49. The van der Waals surface area contributed by atoms with Crippen LogP contribution in [0.3, 0.4) is 0 Å². The Morgan fingerprint density at radius 2 is 2.15 bits per heavy atom. The lowest BCUT2D eigenvalue weighted by Crippen LogP contribution is -2.18. The topological polar surface area (TPSA) is 111 Å². The quantitative estimate of drug-likeness (QED) is 0.621. The fourth-order valence-corrected chi connectivity index (χ4v) is 1.49. The number of nitrogens with one attached hydrogen (secondary N) is 2. The number of anilines is 1. The average Bonchev–Trinajstić information content (AvgIpc) is 3.05. The first-order valence-electron chi connectivity index (χ1n) is 6.33. The predicted molar refractivity (Wildman–Crippen MR) is 69.1 cm³/mol. The van der Waals surface area contributed by atoms with Crippen molar-refractivity contribution in [3.05, 3.63) is 17.6 Å². The van der Waals surface area contributed by atoms with Crippen molar-refractivity contribution in [2.45, 2.75) is 19.9 Å². The van der Waals surface area contributed by atoms with Gasteiger partial charge in [0.05, 0.1) is 13.2 Å². The Kier molecular flexibility index (Phi) is 5.44. The average molecular weight is 282 g/mol. The second-order valence-corrected chi connectivity index (χ2v) is 4.08. The number of ether oxygens (including phenoxy) is 1. The van der Waals surface area contributed by atoms with Crippen LogP contribution in [-0.2, 0) is 17.7 Å². The Labute approximate surface area is 116 Å². The number of aryl methyl sites for hydroxylation is 1. The van der Waals surface area contributed by atoms with Gasteiger partial charge in [-0.15, -0.1) is 5.10 Å². The van der Waals surface area contributed by atoms with E-state index in [0.29, 0.717) is 49.7 Å². The van der Waals surface area contributed by atoms with Crippen LogP contribution < -0.4 is 10.6 Å². The molecule has 0 unspecified atom stereocenters. The normalized spacial score (nSPS) is 10.9. The van der Waals surface area contributed by atoms with Gasteiger partial charge in [-0.05, 0) is 0 Å². The summed E-state index contributed by atoms with van der Waals surface area (Å²) in [5.41, 5.74) is 0. The van der Waals surface area contributed by atoms with E-state index < -0.39 is 0 Å². The van der Waals surface area contributed by atoms with Crippen LogP contribution in [0.2, 0.25) is 0 Å². The van der Waals surface area contributed by atoms with Gasteiger partial charge in [0, 0.05) is 33.5 Å². The summed E-state index contributed by atoms with van der Waals surface area (Å²) >= 11 is 0. The molecule has 0 radical (unpaired) electrons. The van der Waals surface area contributed by atoms with Gasteiger partial charge in [-0.25, -0.2) is 0 Å². The van der Waals surface area contributed by atoms with Gasteiger partial charge in [0.25, 0.3) is 0 Å². The maximum absolute atomic E-state index is 5.41. The molecule has 0 saturated carbocycles. The van der Waals surface area contributed by atoms with Crippen LogP contribution in [0.15, 0.2) is 8.94 Å². The largest absolute Gasteiger partial charge is 0.407 e. The molecule has 9 heteroatoms. The Morgan fingerprint density at radius 3 is 2.90 bits per heavy atom. The first kappa shape index (κ1) is 14.4. The summed E-state index contributed by atoms with van der Waals surface area (Å²) in [5.74, 6) is 1.73. The first-order valence-corrected chi connectivity index (χ1v) is 6.33. The number of hydrogen-bond acceptors (Lipinski definition) is 9. The van der Waals surface area contributed by atoms with E-state index >= 15 is 0 Å². The first-order chi connectivity index (χ1) is 9.78. The van der Waals surface area contributed by atoms with Crippen molar-refractivity contribution in [1.82, 2.24) is 25.7 Å². The lowest BCUT2D eigenvalue weighted by Gasteiger charge is -1.99. The maximum Gasteiger partial charge on any atom is 0.315 e. The van der Waals surface area contributed by atoms with Crippen molar-refractivity contribution in [2.24, 2.45) is 0 Å². The van der Waals surface area contributed by atoms with Gasteiger partial charge >= 0.3 is 6.01 Å². The second kappa shape index (κ2) is 7.56. The summed E-state index contributed by atoms with van der Waals surface area (Å²) in [6.45, 7) is 4.24. The van der Waals surface area contributed by atoms with Crippen molar-refractivity contribution in [3.8, 4) is 0 Å². The van der Waals surface area contributed by atoms with E-state index in [2.05, 4.69) is 31.0 Å². The summed E-state index contributed by atoms with van der Waals surface area (Å²) in [7, 11) is 1.65. The molecule has 2 rings (SSSR count). The number of hydrogen-bond donors (Lipinski definition) is 2. The van der Waals surface area contributed by atoms with Gasteiger partial charge < -0.3 is 24.3 Å². The molecule has 9 nitrogen and oxygen atoms in total. The van der Waals surface area contributed by atoms with E-state index in [9.17, 15) is 0 Å². The Morgan fingerprint density at radius 1 is 1.25 bits per heavy atom. The molecule has 0 aromatic carbocycles. The molecule has 0 fully saturated rings. The summed E-state index contributed by atoms with van der Waals surface area (Å²) in [6, 6.07) is 0.383. The van der Waals surface area contributed by atoms with Crippen LogP contribution in [0.1, 0.15) is 17.6 Å². The monoisotopic (exact) mass is 282 g/mol. The second-order valence-electron chi connectivity index (χ2n) is 4.08. The van der Waals surface area contributed by atoms with Crippen LogP contribution in [0.4, 0.5) is 6.01 Å². The van der Waals surface area contributed by atoms with E-state index in [-0.39, 0.29) is 0 Å². The summed E-state index contributed by atoms with van der Waals surface area (Å²) < 4.78 is 15.2. The van der Waals surface area contributed by atoms with Crippen LogP contribution in [0.25, 0.3) is 0 Å². The van der Waals surface area contributed by atoms with E-state index in [1.54, 1.807) is 14.0 Å². The molecular weight excluding hydrogens is 264 g/mol. The van der Waals surface area contributed by atoms with Gasteiger partial charge in [0.1, 0.15) is 0 Å². The van der Waals surface area contributed by atoms with Crippen molar-refractivity contribution in [2.75, 3.05) is 32.1 Å². The van der Waals surface area contributed by atoms with Gasteiger partial charge in [0.15, 0.2) is 5.82 Å². The standard InChI is InChI=1S/C11H18N6O3/c1-8-14-9(17-20-8)3-4-13-11-16-15-10(19-11)7-12-5-6-18-2/h12H,3-7H2,1-2H3,(H,13,16). The predicted octanol–water partition coefficient (Wildman–Crippen LogP) is 0.152.